The van der Waals surface area contributed by atoms with Crippen LogP contribution < -0.4 is 5.73 Å². The molecular weight excluding hydrogens is 428 g/mol. The third-order valence-corrected chi connectivity index (χ3v) is 6.19. The molecule has 0 bridgehead atoms. The van der Waals surface area contributed by atoms with Gasteiger partial charge in [-0.15, -0.1) is 0 Å². The number of para-hydroxylation sites is 1. The number of carbonyl (C=O) groups is 1. The van der Waals surface area contributed by atoms with E-state index in [1.165, 1.54) is 6.33 Å². The number of pyridine rings is 1. The van der Waals surface area contributed by atoms with Crippen LogP contribution >= 0.6 is 0 Å². The first-order valence-electron chi connectivity index (χ1n) is 11.3. The minimum Gasteiger partial charge on any atom is -0.444 e. The first-order valence-corrected chi connectivity index (χ1v) is 11.3. The molecular formula is C26H28N6O2. The predicted octanol–water partition coefficient (Wildman–Crippen LogP) is 4.88. The van der Waals surface area contributed by atoms with Gasteiger partial charge in [0.2, 0.25) is 0 Å². The SMILES string of the molecule is C=C1C[C@@H](N(C)C(=O)OC(C)(C)C)Cn2c1c(-c1cnc3ccccc3c1)c1c(N)ncnc12. The van der Waals surface area contributed by atoms with Crippen molar-refractivity contribution in [1.29, 1.82) is 0 Å². The van der Waals surface area contributed by atoms with Crippen LogP contribution in [-0.4, -0.2) is 49.2 Å². The molecule has 1 aliphatic heterocycles. The second kappa shape index (κ2) is 7.83. The van der Waals surface area contributed by atoms with Crippen LogP contribution in [0.3, 0.4) is 0 Å². The van der Waals surface area contributed by atoms with Crippen LogP contribution in [0, 0.1) is 0 Å². The molecule has 0 radical (unpaired) electrons. The van der Waals surface area contributed by atoms with E-state index in [1.807, 2.05) is 51.2 Å². The number of ether oxygens (including phenoxy) is 1. The lowest BCUT2D eigenvalue weighted by atomic mass is 9.93. The van der Waals surface area contributed by atoms with Gasteiger partial charge in [-0.1, -0.05) is 24.8 Å². The van der Waals surface area contributed by atoms with E-state index < -0.39 is 5.60 Å². The maximum absolute atomic E-state index is 12.8. The number of likely N-dealkylation sites (N-methyl/N-ethyl adjacent to an activating group) is 1. The number of carbonyl (C=O) groups excluding carboxylic acids is 1. The molecule has 8 heteroatoms. The molecule has 5 rings (SSSR count). The van der Waals surface area contributed by atoms with Gasteiger partial charge in [-0.2, -0.15) is 0 Å². The number of anilines is 1. The minimum absolute atomic E-state index is 0.135. The first kappa shape index (κ1) is 21.9. The monoisotopic (exact) mass is 456 g/mol. The Morgan fingerprint density at radius 2 is 2.00 bits per heavy atom. The van der Waals surface area contributed by atoms with E-state index in [0.717, 1.165) is 38.7 Å². The number of hydrogen-bond donors (Lipinski definition) is 1. The smallest absolute Gasteiger partial charge is 0.410 e. The summed E-state index contributed by atoms with van der Waals surface area (Å²) < 4.78 is 7.68. The average Bonchev–Trinajstić information content (AvgIpc) is 3.13. The summed E-state index contributed by atoms with van der Waals surface area (Å²) in [5, 5.41) is 1.81. The molecule has 0 aliphatic carbocycles. The average molecular weight is 457 g/mol. The summed E-state index contributed by atoms with van der Waals surface area (Å²) >= 11 is 0. The zero-order valence-electron chi connectivity index (χ0n) is 19.9. The number of nitrogens with zero attached hydrogens (tertiary/aromatic N) is 5. The molecule has 0 saturated carbocycles. The molecule has 1 aromatic carbocycles. The van der Waals surface area contributed by atoms with E-state index in [-0.39, 0.29) is 12.1 Å². The molecule has 1 atom stereocenters. The highest BCUT2D eigenvalue weighted by molar-refractivity contribution is 6.06. The van der Waals surface area contributed by atoms with Crippen LogP contribution in [0.5, 0.6) is 0 Å². The van der Waals surface area contributed by atoms with Crippen molar-refractivity contribution in [3.05, 3.63) is 55.1 Å². The van der Waals surface area contributed by atoms with Crippen LogP contribution in [0.15, 0.2) is 49.4 Å². The Kier molecular flexibility index (Phi) is 5.04. The van der Waals surface area contributed by atoms with Crippen molar-refractivity contribution in [2.75, 3.05) is 12.8 Å². The van der Waals surface area contributed by atoms with Crippen LogP contribution in [0.4, 0.5) is 10.6 Å². The van der Waals surface area contributed by atoms with Crippen LogP contribution in [-0.2, 0) is 11.3 Å². The molecule has 3 aromatic heterocycles. The third kappa shape index (κ3) is 3.65. The third-order valence-electron chi connectivity index (χ3n) is 6.19. The number of hydrogen-bond acceptors (Lipinski definition) is 6. The van der Waals surface area contributed by atoms with Crippen molar-refractivity contribution < 1.29 is 9.53 Å². The quantitative estimate of drug-likeness (QED) is 0.461. The Morgan fingerprint density at radius 3 is 2.76 bits per heavy atom. The van der Waals surface area contributed by atoms with Crippen molar-refractivity contribution in [3.8, 4) is 11.1 Å². The molecule has 0 saturated heterocycles. The fourth-order valence-electron chi connectivity index (χ4n) is 4.63. The Bertz CT molecular complexity index is 1450. The molecule has 1 amide bonds. The number of aromatic nitrogens is 4. The van der Waals surface area contributed by atoms with Crippen LogP contribution in [0.25, 0.3) is 38.6 Å². The van der Waals surface area contributed by atoms with E-state index in [0.29, 0.717) is 24.4 Å². The van der Waals surface area contributed by atoms with Crippen molar-refractivity contribution in [2.45, 2.75) is 45.4 Å². The Morgan fingerprint density at radius 1 is 1.24 bits per heavy atom. The van der Waals surface area contributed by atoms with Gasteiger partial charge in [-0.05, 0) is 44.9 Å². The van der Waals surface area contributed by atoms with Gasteiger partial charge in [0, 0.05) is 36.3 Å². The van der Waals surface area contributed by atoms with E-state index >= 15 is 0 Å². The molecule has 34 heavy (non-hydrogen) atoms. The molecule has 8 nitrogen and oxygen atoms in total. The molecule has 174 valence electrons. The maximum Gasteiger partial charge on any atom is 0.410 e. The summed E-state index contributed by atoms with van der Waals surface area (Å²) in [6.45, 7) is 10.5. The van der Waals surface area contributed by atoms with Crippen LogP contribution in [0.1, 0.15) is 32.9 Å². The molecule has 4 aromatic rings. The maximum atomic E-state index is 12.8. The zero-order chi connectivity index (χ0) is 24.2. The Balaban J connectivity index is 1.65. The van der Waals surface area contributed by atoms with Gasteiger partial charge in [0.05, 0.1) is 22.6 Å². The predicted molar refractivity (Wildman–Crippen MR) is 134 cm³/mol. The van der Waals surface area contributed by atoms with Crippen LogP contribution in [0.2, 0.25) is 0 Å². The number of benzene rings is 1. The fraction of sp³-hybridized carbons (Fsp3) is 0.308. The lowest BCUT2D eigenvalue weighted by Gasteiger charge is -2.35. The second-order valence-corrected chi connectivity index (χ2v) is 9.76. The van der Waals surface area contributed by atoms with Gasteiger partial charge in [0.1, 0.15) is 23.4 Å². The van der Waals surface area contributed by atoms with Crippen molar-refractivity contribution in [1.82, 2.24) is 24.4 Å². The Labute approximate surface area is 198 Å². The Hall–Kier alpha value is -3.94. The van der Waals surface area contributed by atoms with E-state index in [2.05, 4.69) is 32.2 Å². The zero-order valence-corrected chi connectivity index (χ0v) is 19.9. The first-order chi connectivity index (χ1) is 16.1. The number of nitrogen functional groups attached to an aromatic ring is 1. The van der Waals surface area contributed by atoms with Gasteiger partial charge in [0.15, 0.2) is 0 Å². The van der Waals surface area contributed by atoms with Crippen molar-refractivity contribution >= 4 is 39.4 Å². The summed E-state index contributed by atoms with van der Waals surface area (Å²) in [5.41, 5.74) is 11.1. The number of amides is 1. The molecule has 2 N–H and O–H groups in total. The summed E-state index contributed by atoms with van der Waals surface area (Å²) in [7, 11) is 1.76. The van der Waals surface area contributed by atoms with Gasteiger partial charge >= 0.3 is 6.09 Å². The lowest BCUT2D eigenvalue weighted by molar-refractivity contribution is 0.0207. The highest BCUT2D eigenvalue weighted by Gasteiger charge is 2.34. The van der Waals surface area contributed by atoms with Gasteiger partial charge in [-0.25, -0.2) is 14.8 Å². The van der Waals surface area contributed by atoms with E-state index in [4.69, 9.17) is 10.5 Å². The topological polar surface area (TPSA) is 99.2 Å². The van der Waals surface area contributed by atoms with E-state index in [9.17, 15) is 4.79 Å². The largest absolute Gasteiger partial charge is 0.444 e. The normalized spacial score (nSPS) is 16.0. The lowest BCUT2D eigenvalue weighted by Crippen LogP contribution is -2.44. The van der Waals surface area contributed by atoms with Gasteiger partial charge in [-0.3, -0.25) is 4.98 Å². The summed E-state index contributed by atoms with van der Waals surface area (Å²) in [4.78, 5) is 27.9. The molecule has 0 fully saturated rings. The molecule has 0 spiro atoms. The highest BCUT2D eigenvalue weighted by atomic mass is 16.6. The van der Waals surface area contributed by atoms with Gasteiger partial charge < -0.3 is 19.9 Å². The molecule has 0 unspecified atom stereocenters. The highest BCUT2D eigenvalue weighted by Crippen LogP contribution is 2.43. The van der Waals surface area contributed by atoms with Crippen molar-refractivity contribution in [2.24, 2.45) is 0 Å². The molecule has 4 heterocycles. The molecule has 1 aliphatic rings. The van der Waals surface area contributed by atoms with Gasteiger partial charge in [0.25, 0.3) is 0 Å². The standard InChI is InChI=1S/C26H28N6O2/c1-15-10-18(31(5)25(33)34-26(2,3)4)13-32-22(15)20(21-23(27)29-14-30-24(21)32)17-11-16-8-6-7-9-19(16)28-12-17/h6-9,11-12,14,18H,1,10,13H2,2-5H3,(H2,27,29,30)/t18-/m1/s1. The number of nitrogens with two attached hydrogens (primary N) is 1. The summed E-state index contributed by atoms with van der Waals surface area (Å²) in [6, 6.07) is 9.96. The number of rotatable bonds is 2. The summed E-state index contributed by atoms with van der Waals surface area (Å²) in [6.07, 6.45) is 3.57. The fourth-order valence-corrected chi connectivity index (χ4v) is 4.63. The van der Waals surface area contributed by atoms with E-state index in [1.54, 1.807) is 11.9 Å². The minimum atomic E-state index is -0.569. The summed E-state index contributed by atoms with van der Waals surface area (Å²) in [5.74, 6) is 0.403. The van der Waals surface area contributed by atoms with Crippen molar-refractivity contribution in [3.63, 3.8) is 0 Å². The number of fused-ring (bicyclic) bond motifs is 4. The second-order valence-electron chi connectivity index (χ2n) is 9.76.